The molecular weight excluding hydrogens is 316 g/mol. The van der Waals surface area contributed by atoms with Gasteiger partial charge in [0.15, 0.2) is 0 Å². The van der Waals surface area contributed by atoms with Crippen molar-refractivity contribution in [2.45, 2.75) is 19.6 Å². The van der Waals surface area contributed by atoms with Crippen LogP contribution in [0.4, 0.5) is 5.69 Å². The minimum absolute atomic E-state index is 0.0982. The number of anilines is 1. The number of nitrogens with zero attached hydrogens (tertiary/aromatic N) is 1. The molecule has 2 heterocycles. The molecule has 0 spiro atoms. The average molecular weight is 332 g/mol. The Morgan fingerprint density at radius 3 is 2.83 bits per heavy atom. The van der Waals surface area contributed by atoms with Gasteiger partial charge in [-0.15, -0.1) is 11.8 Å². The lowest BCUT2D eigenvalue weighted by Gasteiger charge is -2.05. The topological polar surface area (TPSA) is 104 Å². The van der Waals surface area contributed by atoms with E-state index in [0.29, 0.717) is 28.2 Å². The Morgan fingerprint density at radius 2 is 2.09 bits per heavy atom. The number of aromatic nitrogens is 3. The van der Waals surface area contributed by atoms with Crippen LogP contribution in [0.3, 0.4) is 0 Å². The monoisotopic (exact) mass is 332 g/mol. The molecule has 0 fully saturated rings. The van der Waals surface area contributed by atoms with Crippen LogP contribution in [0.15, 0.2) is 27.5 Å². The number of benzene rings is 1. The maximum absolute atomic E-state index is 12.0. The summed E-state index contributed by atoms with van der Waals surface area (Å²) in [4.78, 5) is 28.5. The molecule has 3 N–H and O–H groups in total. The molecule has 0 aliphatic carbocycles. The fourth-order valence-electron chi connectivity index (χ4n) is 2.26. The minimum Gasteiger partial charge on any atom is -0.361 e. The molecule has 0 unspecified atom stereocenters. The number of carbonyl (C=O) groups is 1. The summed E-state index contributed by atoms with van der Waals surface area (Å²) < 4.78 is 5.10. The molecule has 23 heavy (non-hydrogen) atoms. The molecule has 0 bridgehead atoms. The fraction of sp³-hybridized carbons (Fsp3) is 0.267. The van der Waals surface area contributed by atoms with Crippen molar-refractivity contribution in [3.8, 4) is 0 Å². The Morgan fingerprint density at radius 1 is 1.30 bits per heavy atom. The lowest BCUT2D eigenvalue weighted by atomic mass is 10.2. The van der Waals surface area contributed by atoms with E-state index in [1.165, 1.54) is 11.8 Å². The molecular formula is C15H16N4O3S. The van der Waals surface area contributed by atoms with Crippen LogP contribution in [0, 0.1) is 13.8 Å². The molecule has 120 valence electrons. The van der Waals surface area contributed by atoms with E-state index < -0.39 is 0 Å². The summed E-state index contributed by atoms with van der Waals surface area (Å²) >= 11 is 1.50. The third-order valence-electron chi connectivity index (χ3n) is 3.46. The van der Waals surface area contributed by atoms with Crippen LogP contribution in [0.1, 0.15) is 17.0 Å². The molecule has 3 aromatic rings. The van der Waals surface area contributed by atoms with Gasteiger partial charge in [0.2, 0.25) is 5.91 Å². The van der Waals surface area contributed by atoms with Gasteiger partial charge in [0.25, 0.3) is 0 Å². The van der Waals surface area contributed by atoms with E-state index in [1.807, 2.05) is 13.8 Å². The lowest BCUT2D eigenvalue weighted by molar-refractivity contribution is -0.113. The van der Waals surface area contributed by atoms with Crippen molar-refractivity contribution in [2.75, 3.05) is 11.1 Å². The highest BCUT2D eigenvalue weighted by Gasteiger charge is 2.10. The Balaban J connectivity index is 1.57. The summed E-state index contributed by atoms with van der Waals surface area (Å²) in [5.74, 6) is 1.70. The summed E-state index contributed by atoms with van der Waals surface area (Å²) in [5.41, 5.74) is 3.65. The highest BCUT2D eigenvalue weighted by molar-refractivity contribution is 7.99. The van der Waals surface area contributed by atoms with Crippen molar-refractivity contribution in [1.82, 2.24) is 15.1 Å². The van der Waals surface area contributed by atoms with Gasteiger partial charge >= 0.3 is 5.69 Å². The van der Waals surface area contributed by atoms with Gasteiger partial charge in [-0.3, -0.25) is 4.79 Å². The first-order valence-corrected chi connectivity index (χ1v) is 8.20. The van der Waals surface area contributed by atoms with Gasteiger partial charge in [-0.2, -0.15) is 0 Å². The second-order valence-electron chi connectivity index (χ2n) is 5.18. The van der Waals surface area contributed by atoms with Gasteiger partial charge in [-0.1, -0.05) is 5.16 Å². The van der Waals surface area contributed by atoms with Gasteiger partial charge in [0.1, 0.15) is 5.76 Å². The third-order valence-corrected chi connectivity index (χ3v) is 4.42. The lowest BCUT2D eigenvalue weighted by Crippen LogP contribution is -2.14. The van der Waals surface area contributed by atoms with Gasteiger partial charge in [0.05, 0.1) is 22.5 Å². The third kappa shape index (κ3) is 3.48. The predicted octanol–water partition coefficient (Wildman–Crippen LogP) is 2.33. The number of fused-ring (bicyclic) bond motifs is 1. The zero-order valence-corrected chi connectivity index (χ0v) is 13.5. The van der Waals surface area contributed by atoms with E-state index in [-0.39, 0.29) is 11.6 Å². The molecule has 2 aromatic heterocycles. The molecule has 0 radical (unpaired) electrons. The van der Waals surface area contributed by atoms with Crippen LogP contribution >= 0.6 is 11.8 Å². The van der Waals surface area contributed by atoms with Crippen molar-refractivity contribution in [2.24, 2.45) is 0 Å². The minimum atomic E-state index is -0.265. The fourth-order valence-corrected chi connectivity index (χ4v) is 3.24. The predicted molar refractivity (Wildman–Crippen MR) is 89.7 cm³/mol. The zero-order chi connectivity index (χ0) is 16.4. The SMILES string of the molecule is Cc1noc(C)c1CSCC(=O)Nc1ccc2[nH]c(=O)[nH]c2c1. The van der Waals surface area contributed by atoms with Gasteiger partial charge < -0.3 is 19.8 Å². The van der Waals surface area contributed by atoms with Crippen LogP contribution in [-0.2, 0) is 10.5 Å². The van der Waals surface area contributed by atoms with Crippen LogP contribution in [0.25, 0.3) is 11.0 Å². The van der Waals surface area contributed by atoms with Crippen molar-refractivity contribution < 1.29 is 9.32 Å². The number of aromatic amines is 2. The number of hydrogen-bond acceptors (Lipinski definition) is 5. The molecule has 1 aromatic carbocycles. The second kappa shape index (κ2) is 6.33. The number of rotatable bonds is 5. The quantitative estimate of drug-likeness (QED) is 0.665. The Kier molecular flexibility index (Phi) is 4.24. The Bertz CT molecular complexity index is 889. The van der Waals surface area contributed by atoms with Gasteiger partial charge in [-0.25, -0.2) is 4.79 Å². The molecule has 8 heteroatoms. The highest BCUT2D eigenvalue weighted by Crippen LogP contribution is 2.20. The van der Waals surface area contributed by atoms with Crippen molar-refractivity contribution in [3.63, 3.8) is 0 Å². The summed E-state index contributed by atoms with van der Waals surface area (Å²) in [6.45, 7) is 3.75. The van der Waals surface area contributed by atoms with Crippen molar-refractivity contribution >= 4 is 34.4 Å². The number of hydrogen-bond donors (Lipinski definition) is 3. The molecule has 0 atom stereocenters. The van der Waals surface area contributed by atoms with E-state index in [2.05, 4.69) is 20.4 Å². The Hall–Kier alpha value is -2.48. The first-order valence-electron chi connectivity index (χ1n) is 7.04. The van der Waals surface area contributed by atoms with E-state index in [4.69, 9.17) is 4.52 Å². The largest absolute Gasteiger partial charge is 0.361 e. The van der Waals surface area contributed by atoms with Crippen LogP contribution < -0.4 is 11.0 Å². The van der Waals surface area contributed by atoms with Gasteiger partial charge in [-0.05, 0) is 32.0 Å². The first kappa shape index (κ1) is 15.4. The number of nitrogens with one attached hydrogen (secondary N) is 3. The van der Waals surface area contributed by atoms with Crippen LogP contribution in [0.2, 0.25) is 0 Å². The molecule has 1 amide bonds. The molecule has 0 saturated heterocycles. The van der Waals surface area contributed by atoms with Crippen LogP contribution in [0.5, 0.6) is 0 Å². The number of carbonyl (C=O) groups excluding carboxylic acids is 1. The maximum Gasteiger partial charge on any atom is 0.323 e. The average Bonchev–Trinajstić information content (AvgIpc) is 3.02. The summed E-state index contributed by atoms with van der Waals surface area (Å²) in [6.07, 6.45) is 0. The van der Waals surface area contributed by atoms with Crippen LogP contribution in [-0.4, -0.2) is 26.8 Å². The number of H-pyrrole nitrogens is 2. The van der Waals surface area contributed by atoms with Crippen molar-refractivity contribution in [3.05, 3.63) is 45.7 Å². The summed E-state index contributed by atoms with van der Waals surface area (Å²) in [6, 6.07) is 5.23. The molecule has 7 nitrogen and oxygen atoms in total. The number of thioether (sulfide) groups is 1. The molecule has 3 rings (SSSR count). The highest BCUT2D eigenvalue weighted by atomic mass is 32.2. The number of aryl methyl sites for hydroxylation is 2. The van der Waals surface area contributed by atoms with E-state index in [1.54, 1.807) is 18.2 Å². The second-order valence-corrected chi connectivity index (χ2v) is 6.17. The molecule has 0 saturated carbocycles. The molecule has 0 aliphatic heterocycles. The smallest absolute Gasteiger partial charge is 0.323 e. The molecule has 0 aliphatic rings. The van der Waals surface area contributed by atoms with E-state index >= 15 is 0 Å². The summed E-state index contributed by atoms with van der Waals surface area (Å²) in [5, 5.41) is 6.71. The van der Waals surface area contributed by atoms with E-state index in [0.717, 1.165) is 17.0 Å². The van der Waals surface area contributed by atoms with Crippen molar-refractivity contribution in [1.29, 1.82) is 0 Å². The first-order chi connectivity index (χ1) is 11.0. The number of amides is 1. The normalized spacial score (nSPS) is 11.0. The number of imidazole rings is 1. The zero-order valence-electron chi connectivity index (χ0n) is 12.7. The maximum atomic E-state index is 12.0. The van der Waals surface area contributed by atoms with E-state index in [9.17, 15) is 9.59 Å². The Labute approximate surface area is 135 Å². The summed E-state index contributed by atoms with van der Waals surface area (Å²) in [7, 11) is 0. The standard InChI is InChI=1S/C15H16N4O3S/c1-8-11(9(2)22-19-8)6-23-7-14(20)16-10-3-4-12-13(5-10)18-15(21)17-12/h3-5H,6-7H2,1-2H3,(H,16,20)(H2,17,18,21). The van der Waals surface area contributed by atoms with Gasteiger partial charge in [0, 0.05) is 17.0 Å².